The zero-order chi connectivity index (χ0) is 30.1. The van der Waals surface area contributed by atoms with E-state index < -0.39 is 17.4 Å². The predicted octanol–water partition coefficient (Wildman–Crippen LogP) is 6.76. The van der Waals surface area contributed by atoms with Gasteiger partial charge in [-0.1, -0.05) is 80.4 Å². The first-order valence-corrected chi connectivity index (χ1v) is 15.1. The van der Waals surface area contributed by atoms with Crippen LogP contribution in [0.15, 0.2) is 72.8 Å². The van der Waals surface area contributed by atoms with Gasteiger partial charge in [0.1, 0.15) is 5.41 Å². The van der Waals surface area contributed by atoms with Gasteiger partial charge in [-0.3, -0.25) is 9.59 Å². The number of nitrogens with one attached hydrogen (secondary N) is 2. The van der Waals surface area contributed by atoms with Gasteiger partial charge in [0.15, 0.2) is 0 Å². The Hall–Kier alpha value is -3.37. The summed E-state index contributed by atoms with van der Waals surface area (Å²) in [5, 5.41) is 18.9. The third-order valence-corrected chi connectivity index (χ3v) is 8.84. The second-order valence-electron chi connectivity index (χ2n) is 12.5. The Morgan fingerprint density at radius 3 is 2.38 bits per heavy atom. The first-order valence-electron chi connectivity index (χ1n) is 14.4. The van der Waals surface area contributed by atoms with Crippen LogP contribution in [-0.2, 0) is 21.5 Å². The van der Waals surface area contributed by atoms with Crippen LogP contribution in [-0.4, -0.2) is 30.4 Å². The van der Waals surface area contributed by atoms with E-state index in [9.17, 15) is 14.9 Å². The fourth-order valence-corrected chi connectivity index (χ4v) is 6.80. The van der Waals surface area contributed by atoms with Crippen LogP contribution >= 0.6 is 23.2 Å². The van der Waals surface area contributed by atoms with Crippen molar-refractivity contribution >= 4 is 40.7 Å². The summed E-state index contributed by atoms with van der Waals surface area (Å²) < 4.78 is 0. The Kier molecular flexibility index (Phi) is 8.66. The minimum absolute atomic E-state index is 0.116. The largest absolute Gasteiger partial charge is 0.351 e. The predicted molar refractivity (Wildman–Crippen MR) is 168 cm³/mol. The molecule has 0 aromatic heterocycles. The average molecular weight is 604 g/mol. The maximum atomic E-state index is 14.0. The summed E-state index contributed by atoms with van der Waals surface area (Å²) in [7, 11) is 0. The fraction of sp³-hybridized carbons (Fsp3) is 0.382. The number of anilines is 1. The number of nitriles is 1. The van der Waals surface area contributed by atoms with E-state index in [4.69, 9.17) is 23.2 Å². The molecule has 2 aliphatic rings. The van der Waals surface area contributed by atoms with E-state index in [-0.39, 0.29) is 23.3 Å². The van der Waals surface area contributed by atoms with Crippen molar-refractivity contribution in [2.24, 2.45) is 5.41 Å². The SMILES string of the molecule is CC(C)(C)C[C@@H]1NC(C(=O)NCc2ccc(N3CCCC3=O)cc2)C(c2cccc(Cl)c2)C1(C#N)c1ccc(Cl)cc1. The Morgan fingerprint density at radius 2 is 1.79 bits per heavy atom. The van der Waals surface area contributed by atoms with E-state index in [1.807, 2.05) is 54.6 Å². The molecule has 8 heteroatoms. The van der Waals surface area contributed by atoms with E-state index in [1.54, 1.807) is 23.1 Å². The summed E-state index contributed by atoms with van der Waals surface area (Å²) in [6.45, 7) is 7.47. The van der Waals surface area contributed by atoms with Crippen LogP contribution in [0.5, 0.6) is 0 Å². The second kappa shape index (κ2) is 12.1. The van der Waals surface area contributed by atoms with E-state index in [0.717, 1.165) is 35.3 Å². The molecule has 2 N–H and O–H groups in total. The third-order valence-electron chi connectivity index (χ3n) is 8.36. The molecule has 218 valence electrons. The highest BCUT2D eigenvalue weighted by molar-refractivity contribution is 6.30. The smallest absolute Gasteiger partial charge is 0.238 e. The lowest BCUT2D eigenvalue weighted by Crippen LogP contribution is -2.45. The molecule has 2 amide bonds. The van der Waals surface area contributed by atoms with Gasteiger partial charge in [0, 0.05) is 47.2 Å². The lowest BCUT2D eigenvalue weighted by molar-refractivity contribution is -0.123. The quantitative estimate of drug-likeness (QED) is 0.313. The number of amides is 2. The zero-order valence-corrected chi connectivity index (χ0v) is 25.7. The molecule has 0 spiro atoms. The van der Waals surface area contributed by atoms with Crippen molar-refractivity contribution in [3.8, 4) is 6.07 Å². The van der Waals surface area contributed by atoms with Crippen LogP contribution in [0.3, 0.4) is 0 Å². The number of carbonyl (C=O) groups is 2. The fourth-order valence-electron chi connectivity index (χ4n) is 6.47. The van der Waals surface area contributed by atoms with E-state index in [0.29, 0.717) is 29.4 Å². The molecule has 2 aliphatic heterocycles. The number of hydrogen-bond donors (Lipinski definition) is 2. The summed E-state index contributed by atoms with van der Waals surface area (Å²) in [6.07, 6.45) is 2.12. The van der Waals surface area contributed by atoms with Crippen molar-refractivity contribution < 1.29 is 9.59 Å². The Balaban J connectivity index is 1.48. The first-order chi connectivity index (χ1) is 20.0. The molecule has 0 aliphatic carbocycles. The summed E-state index contributed by atoms with van der Waals surface area (Å²) in [4.78, 5) is 27.9. The van der Waals surface area contributed by atoms with Crippen LogP contribution in [0.2, 0.25) is 10.0 Å². The molecule has 0 radical (unpaired) electrons. The van der Waals surface area contributed by atoms with E-state index in [1.165, 1.54) is 0 Å². The van der Waals surface area contributed by atoms with Gasteiger partial charge in [-0.2, -0.15) is 5.26 Å². The molecule has 42 heavy (non-hydrogen) atoms. The van der Waals surface area contributed by atoms with Gasteiger partial charge in [0.2, 0.25) is 11.8 Å². The molecule has 2 fully saturated rings. The van der Waals surface area contributed by atoms with Crippen molar-refractivity contribution in [3.05, 3.63) is 99.5 Å². The average Bonchev–Trinajstić information content (AvgIpc) is 3.53. The van der Waals surface area contributed by atoms with Crippen molar-refractivity contribution in [3.63, 3.8) is 0 Å². The monoisotopic (exact) mass is 602 g/mol. The summed E-state index contributed by atoms with van der Waals surface area (Å²) in [6, 6.07) is 24.3. The molecule has 3 unspecified atom stereocenters. The minimum Gasteiger partial charge on any atom is -0.351 e. The molecular weight excluding hydrogens is 567 g/mol. The summed E-state index contributed by atoms with van der Waals surface area (Å²) in [5.74, 6) is -0.566. The second-order valence-corrected chi connectivity index (χ2v) is 13.4. The standard InChI is InChI=1S/C34H36Cl2N4O2/c1-33(2,3)19-28-34(21-37,24-11-13-25(35)14-12-24)30(23-6-4-7-26(36)18-23)31(39-28)32(42)38-20-22-9-15-27(16-10-22)40-17-5-8-29(40)41/h4,6-7,9-16,18,28,30-31,39H,5,8,17,19-20H2,1-3H3,(H,38,42)/t28-,30?,31?,34?/m0/s1. The Bertz CT molecular complexity index is 1490. The van der Waals surface area contributed by atoms with Gasteiger partial charge in [0.05, 0.1) is 12.1 Å². The highest BCUT2D eigenvalue weighted by atomic mass is 35.5. The van der Waals surface area contributed by atoms with Crippen LogP contribution in [0.1, 0.15) is 62.6 Å². The van der Waals surface area contributed by atoms with Gasteiger partial charge >= 0.3 is 0 Å². The molecule has 3 aromatic carbocycles. The molecular formula is C34H36Cl2N4O2. The van der Waals surface area contributed by atoms with E-state index >= 15 is 0 Å². The van der Waals surface area contributed by atoms with Crippen molar-refractivity contribution in [2.75, 3.05) is 11.4 Å². The number of hydrogen-bond acceptors (Lipinski definition) is 4. The van der Waals surface area contributed by atoms with Crippen molar-refractivity contribution in [1.29, 1.82) is 5.26 Å². The number of rotatable bonds is 7. The van der Waals surface area contributed by atoms with Gasteiger partial charge in [0.25, 0.3) is 0 Å². The van der Waals surface area contributed by atoms with E-state index in [2.05, 4.69) is 37.5 Å². The Morgan fingerprint density at radius 1 is 1.07 bits per heavy atom. The number of halogens is 2. The molecule has 4 atom stereocenters. The lowest BCUT2D eigenvalue weighted by Gasteiger charge is -2.37. The summed E-state index contributed by atoms with van der Waals surface area (Å²) >= 11 is 12.7. The van der Waals surface area contributed by atoms with Gasteiger partial charge in [-0.25, -0.2) is 0 Å². The van der Waals surface area contributed by atoms with Crippen LogP contribution < -0.4 is 15.5 Å². The maximum Gasteiger partial charge on any atom is 0.238 e. The van der Waals surface area contributed by atoms with Crippen molar-refractivity contribution in [2.45, 2.75) is 70.0 Å². The number of nitrogens with zero attached hydrogens (tertiary/aromatic N) is 2. The molecule has 2 saturated heterocycles. The molecule has 0 saturated carbocycles. The highest BCUT2D eigenvalue weighted by Gasteiger charge is 2.59. The zero-order valence-electron chi connectivity index (χ0n) is 24.2. The molecule has 5 rings (SSSR count). The van der Waals surface area contributed by atoms with Crippen LogP contribution in [0.4, 0.5) is 5.69 Å². The third kappa shape index (κ3) is 6.06. The van der Waals surface area contributed by atoms with Crippen molar-refractivity contribution in [1.82, 2.24) is 10.6 Å². The first kappa shape index (κ1) is 30.1. The maximum absolute atomic E-state index is 14.0. The van der Waals surface area contributed by atoms with Crippen LogP contribution in [0, 0.1) is 16.7 Å². The molecule has 3 aromatic rings. The molecule has 2 heterocycles. The number of benzene rings is 3. The highest BCUT2D eigenvalue weighted by Crippen LogP contribution is 2.51. The minimum atomic E-state index is -1.06. The van der Waals surface area contributed by atoms with Gasteiger partial charge in [-0.15, -0.1) is 0 Å². The molecule has 0 bridgehead atoms. The lowest BCUT2D eigenvalue weighted by atomic mass is 9.63. The normalized spacial score (nSPS) is 24.0. The number of carbonyl (C=O) groups excluding carboxylic acids is 2. The van der Waals surface area contributed by atoms with Crippen LogP contribution in [0.25, 0.3) is 0 Å². The summed E-state index contributed by atoms with van der Waals surface area (Å²) in [5.41, 5.74) is 2.25. The Labute approximate surface area is 258 Å². The topological polar surface area (TPSA) is 85.2 Å². The van der Waals surface area contributed by atoms with Gasteiger partial charge < -0.3 is 15.5 Å². The molecule has 6 nitrogen and oxygen atoms in total. The van der Waals surface area contributed by atoms with Gasteiger partial charge in [-0.05, 0) is 71.3 Å².